The molecule has 29 heavy (non-hydrogen) atoms. The van der Waals surface area contributed by atoms with Gasteiger partial charge in [0.2, 0.25) is 5.91 Å². The van der Waals surface area contributed by atoms with Gasteiger partial charge in [-0.05, 0) is 49.2 Å². The van der Waals surface area contributed by atoms with Crippen molar-refractivity contribution in [2.75, 3.05) is 26.0 Å². The number of nitrogens with zero attached hydrogens (tertiary/aromatic N) is 2. The Labute approximate surface area is 175 Å². The van der Waals surface area contributed by atoms with Gasteiger partial charge in [0, 0.05) is 24.1 Å². The number of methoxy groups -OCH3 is 1. The van der Waals surface area contributed by atoms with Crippen molar-refractivity contribution in [1.82, 2.24) is 14.9 Å². The number of rotatable bonds is 9. The van der Waals surface area contributed by atoms with Crippen molar-refractivity contribution >= 4 is 17.7 Å². The normalized spacial score (nSPS) is 10.6. The van der Waals surface area contributed by atoms with Crippen molar-refractivity contribution in [3.63, 3.8) is 0 Å². The zero-order valence-electron chi connectivity index (χ0n) is 16.8. The third-order valence-electron chi connectivity index (χ3n) is 4.16. The van der Waals surface area contributed by atoms with Gasteiger partial charge in [-0.2, -0.15) is 0 Å². The van der Waals surface area contributed by atoms with Crippen LogP contribution in [-0.2, 0) is 4.79 Å². The van der Waals surface area contributed by atoms with Gasteiger partial charge in [0.25, 0.3) is 0 Å². The van der Waals surface area contributed by atoms with Crippen LogP contribution in [0.5, 0.6) is 11.5 Å². The van der Waals surface area contributed by atoms with Gasteiger partial charge < -0.3 is 14.8 Å². The molecule has 3 rings (SSSR count). The summed E-state index contributed by atoms with van der Waals surface area (Å²) in [5.41, 5.74) is 3.44. The summed E-state index contributed by atoms with van der Waals surface area (Å²) in [5, 5.41) is 3.66. The standard InChI is InChI=1S/C22H25N3O3S/c1-16-11-17(2)13-18(12-16)25-9-7-24-22(25)29-15-21(26)23-8-10-28-20-6-4-5-19(14-20)27-3/h4-7,9,11-14H,8,10,15H2,1-3H3,(H,23,26). The molecule has 1 amide bonds. The molecule has 0 aliphatic carbocycles. The van der Waals surface area contributed by atoms with Gasteiger partial charge >= 0.3 is 0 Å². The summed E-state index contributed by atoms with van der Waals surface area (Å²) in [4.78, 5) is 16.5. The van der Waals surface area contributed by atoms with Gasteiger partial charge in [-0.15, -0.1) is 0 Å². The van der Waals surface area contributed by atoms with Gasteiger partial charge in [-0.3, -0.25) is 9.36 Å². The minimum absolute atomic E-state index is 0.0563. The van der Waals surface area contributed by atoms with Crippen molar-refractivity contribution in [3.05, 3.63) is 66.0 Å². The van der Waals surface area contributed by atoms with E-state index in [0.717, 1.165) is 16.6 Å². The first-order valence-electron chi connectivity index (χ1n) is 9.33. The molecule has 1 heterocycles. The smallest absolute Gasteiger partial charge is 0.230 e. The second-order valence-corrected chi connectivity index (χ2v) is 7.53. The number of ether oxygens (including phenoxy) is 2. The molecule has 0 saturated carbocycles. The summed E-state index contributed by atoms with van der Waals surface area (Å²) >= 11 is 1.41. The number of carbonyl (C=O) groups is 1. The molecular formula is C22H25N3O3S. The molecule has 0 unspecified atom stereocenters. The van der Waals surface area contributed by atoms with Gasteiger partial charge in [0.15, 0.2) is 5.16 Å². The fourth-order valence-corrected chi connectivity index (χ4v) is 3.72. The molecule has 0 aliphatic heterocycles. The van der Waals surface area contributed by atoms with Gasteiger partial charge in [-0.25, -0.2) is 4.98 Å². The Bertz CT molecular complexity index is 951. The number of thioether (sulfide) groups is 1. The van der Waals surface area contributed by atoms with E-state index in [9.17, 15) is 4.79 Å². The topological polar surface area (TPSA) is 65.4 Å². The first-order chi connectivity index (χ1) is 14.0. The lowest BCUT2D eigenvalue weighted by Gasteiger charge is -2.10. The van der Waals surface area contributed by atoms with Crippen LogP contribution in [-0.4, -0.2) is 41.5 Å². The fraction of sp³-hybridized carbons (Fsp3) is 0.273. The predicted octanol–water partition coefficient (Wildman–Crippen LogP) is 3.79. The van der Waals surface area contributed by atoms with E-state index >= 15 is 0 Å². The highest BCUT2D eigenvalue weighted by atomic mass is 32.2. The average molecular weight is 412 g/mol. The first-order valence-corrected chi connectivity index (χ1v) is 10.3. The van der Waals surface area contributed by atoms with E-state index in [4.69, 9.17) is 9.47 Å². The minimum Gasteiger partial charge on any atom is -0.497 e. The van der Waals surface area contributed by atoms with Crippen LogP contribution in [0.1, 0.15) is 11.1 Å². The number of hydrogen-bond acceptors (Lipinski definition) is 5. The molecule has 7 heteroatoms. The molecule has 0 spiro atoms. The van der Waals surface area contributed by atoms with Crippen molar-refractivity contribution < 1.29 is 14.3 Å². The SMILES string of the molecule is COc1cccc(OCCNC(=O)CSc2nccn2-c2cc(C)cc(C)c2)c1. The number of hydrogen-bond donors (Lipinski definition) is 1. The van der Waals surface area contributed by atoms with E-state index in [0.29, 0.717) is 24.7 Å². The molecule has 6 nitrogen and oxygen atoms in total. The van der Waals surface area contributed by atoms with Crippen molar-refractivity contribution in [2.45, 2.75) is 19.0 Å². The largest absolute Gasteiger partial charge is 0.497 e. The van der Waals surface area contributed by atoms with Crippen LogP contribution >= 0.6 is 11.8 Å². The summed E-state index contributed by atoms with van der Waals surface area (Å²) in [6.45, 7) is 4.96. The average Bonchev–Trinajstić information content (AvgIpc) is 3.18. The Balaban J connectivity index is 1.46. The van der Waals surface area contributed by atoms with Gasteiger partial charge in [-0.1, -0.05) is 23.9 Å². The Morgan fingerprint density at radius 3 is 2.66 bits per heavy atom. The minimum atomic E-state index is -0.0563. The maximum atomic E-state index is 12.2. The van der Waals surface area contributed by atoms with E-state index in [1.807, 2.05) is 35.0 Å². The zero-order valence-corrected chi connectivity index (χ0v) is 17.7. The van der Waals surface area contributed by atoms with Crippen LogP contribution in [0.3, 0.4) is 0 Å². The molecule has 1 aromatic heterocycles. The summed E-state index contributed by atoms with van der Waals surface area (Å²) in [7, 11) is 1.61. The van der Waals surface area contributed by atoms with Crippen molar-refractivity contribution in [2.24, 2.45) is 0 Å². The van der Waals surface area contributed by atoms with Gasteiger partial charge in [0.05, 0.1) is 19.4 Å². The Kier molecular flexibility index (Phi) is 7.19. The summed E-state index contributed by atoms with van der Waals surface area (Å²) in [6, 6.07) is 13.7. The highest BCUT2D eigenvalue weighted by Crippen LogP contribution is 2.22. The van der Waals surface area contributed by atoms with E-state index in [-0.39, 0.29) is 5.91 Å². The summed E-state index contributed by atoms with van der Waals surface area (Å²) in [5.74, 6) is 1.69. The second-order valence-electron chi connectivity index (χ2n) is 6.59. The van der Waals surface area contributed by atoms with Gasteiger partial charge in [0.1, 0.15) is 18.1 Å². The Morgan fingerprint density at radius 1 is 1.14 bits per heavy atom. The maximum absolute atomic E-state index is 12.2. The third-order valence-corrected chi connectivity index (χ3v) is 5.12. The molecule has 3 aromatic rings. The number of carbonyl (C=O) groups excluding carboxylic acids is 1. The lowest BCUT2D eigenvalue weighted by molar-refractivity contribution is -0.118. The Hall–Kier alpha value is -2.93. The lowest BCUT2D eigenvalue weighted by atomic mass is 10.1. The molecule has 0 saturated heterocycles. The van der Waals surface area contributed by atoms with Crippen LogP contribution in [0.4, 0.5) is 0 Å². The van der Waals surface area contributed by atoms with Crippen LogP contribution in [0.25, 0.3) is 5.69 Å². The maximum Gasteiger partial charge on any atom is 0.230 e. The predicted molar refractivity (Wildman–Crippen MR) is 115 cm³/mol. The molecule has 1 N–H and O–H groups in total. The second kappa shape index (κ2) is 10.0. The first kappa shape index (κ1) is 20.8. The number of imidazole rings is 1. The molecule has 2 aromatic carbocycles. The van der Waals surface area contributed by atoms with E-state index in [1.165, 1.54) is 22.9 Å². The number of amides is 1. The summed E-state index contributed by atoms with van der Waals surface area (Å²) < 4.78 is 12.8. The van der Waals surface area contributed by atoms with Crippen molar-refractivity contribution in [3.8, 4) is 17.2 Å². The van der Waals surface area contributed by atoms with Crippen LogP contribution in [0.15, 0.2) is 60.0 Å². The fourth-order valence-electron chi connectivity index (χ4n) is 2.91. The molecule has 0 fully saturated rings. The highest BCUT2D eigenvalue weighted by molar-refractivity contribution is 7.99. The number of nitrogens with one attached hydrogen (secondary N) is 1. The molecule has 0 bridgehead atoms. The van der Waals surface area contributed by atoms with E-state index in [1.54, 1.807) is 13.3 Å². The zero-order chi connectivity index (χ0) is 20.6. The number of aryl methyl sites for hydroxylation is 2. The van der Waals surface area contributed by atoms with Crippen LogP contribution < -0.4 is 14.8 Å². The van der Waals surface area contributed by atoms with Crippen LogP contribution in [0.2, 0.25) is 0 Å². The molecule has 0 aliphatic rings. The van der Waals surface area contributed by atoms with E-state index in [2.05, 4.69) is 42.3 Å². The highest BCUT2D eigenvalue weighted by Gasteiger charge is 2.10. The quantitative estimate of drug-likeness (QED) is 0.429. The molecule has 152 valence electrons. The number of benzene rings is 2. The van der Waals surface area contributed by atoms with E-state index < -0.39 is 0 Å². The lowest BCUT2D eigenvalue weighted by Crippen LogP contribution is -2.29. The summed E-state index contributed by atoms with van der Waals surface area (Å²) in [6.07, 6.45) is 3.66. The Morgan fingerprint density at radius 2 is 1.90 bits per heavy atom. The number of aromatic nitrogens is 2. The van der Waals surface area contributed by atoms with Crippen molar-refractivity contribution in [1.29, 1.82) is 0 Å². The van der Waals surface area contributed by atoms with Crippen LogP contribution in [0, 0.1) is 13.8 Å². The third kappa shape index (κ3) is 6.02. The monoisotopic (exact) mass is 411 g/mol. The molecule has 0 atom stereocenters. The molecule has 0 radical (unpaired) electrons. The molecular weight excluding hydrogens is 386 g/mol.